The summed E-state index contributed by atoms with van der Waals surface area (Å²) < 4.78 is 30.9. The molecule has 0 saturated heterocycles. The average molecular weight is 454 g/mol. The lowest BCUT2D eigenvalue weighted by atomic mass is 9.77. The molecule has 33 heavy (non-hydrogen) atoms. The molecule has 1 fully saturated rings. The van der Waals surface area contributed by atoms with Crippen LogP contribution in [-0.2, 0) is 25.7 Å². The molecule has 2 N–H and O–H groups in total. The van der Waals surface area contributed by atoms with E-state index in [0.29, 0.717) is 29.9 Å². The van der Waals surface area contributed by atoms with Crippen LogP contribution in [0.2, 0.25) is 0 Å². The molecule has 5 rings (SSSR count). The van der Waals surface area contributed by atoms with Crippen molar-refractivity contribution >= 4 is 17.6 Å². The van der Waals surface area contributed by atoms with Crippen LogP contribution in [0.1, 0.15) is 36.6 Å². The van der Waals surface area contributed by atoms with Gasteiger partial charge in [0.2, 0.25) is 0 Å². The first-order valence-corrected chi connectivity index (χ1v) is 10.9. The number of carbonyl (C=O) groups is 3. The number of fused-ring (bicyclic) bond motifs is 1. The van der Waals surface area contributed by atoms with Crippen LogP contribution in [0.5, 0.6) is 5.75 Å². The van der Waals surface area contributed by atoms with E-state index in [4.69, 9.17) is 19.6 Å². The maximum absolute atomic E-state index is 14.1. The van der Waals surface area contributed by atoms with Gasteiger partial charge in [-0.25, -0.2) is 4.39 Å². The van der Waals surface area contributed by atoms with E-state index < -0.39 is 36.0 Å². The molecule has 2 aromatic rings. The molecule has 0 spiro atoms. The third-order valence-corrected chi connectivity index (χ3v) is 6.36. The Hall–Kier alpha value is -3.62. The molecule has 1 aliphatic carbocycles. The number of benzene rings is 1. The van der Waals surface area contributed by atoms with Crippen LogP contribution in [0.3, 0.4) is 0 Å². The highest BCUT2D eigenvalue weighted by Crippen LogP contribution is 2.47. The number of hydrogen-bond acceptors (Lipinski definition) is 6. The van der Waals surface area contributed by atoms with Gasteiger partial charge in [-0.3, -0.25) is 14.4 Å². The number of ether oxygens (including phenoxy) is 2. The van der Waals surface area contributed by atoms with Crippen molar-refractivity contribution in [2.45, 2.75) is 44.1 Å². The Bertz CT molecular complexity index is 1110. The van der Waals surface area contributed by atoms with Crippen LogP contribution in [0, 0.1) is 5.92 Å². The van der Waals surface area contributed by atoms with Gasteiger partial charge in [0, 0.05) is 0 Å². The maximum atomic E-state index is 14.1. The van der Waals surface area contributed by atoms with E-state index in [1.54, 1.807) is 36.4 Å². The Morgan fingerprint density at radius 3 is 2.67 bits per heavy atom. The highest BCUT2D eigenvalue weighted by Gasteiger charge is 2.53. The Kier molecular flexibility index (Phi) is 5.39. The highest BCUT2D eigenvalue weighted by atomic mass is 19.1. The van der Waals surface area contributed by atoms with Crippen LogP contribution in [0.25, 0.3) is 0 Å². The molecule has 4 unspecified atom stereocenters. The molecule has 0 bridgehead atoms. The Labute approximate surface area is 189 Å². The standard InChI is InChI=1S/C24H23FN2O6/c25-14-5-8-18-17(10-14)22(29)20-21(13-3-6-15(7-4-13)32-12-19(26)28)27(24(30)23(20)33-18)11-16-2-1-9-31-16/h1-4,6-7,9,14,17-18,21H,5,8,10-12H2,(H2,26,28). The number of carbonyl (C=O) groups excluding carboxylic acids is 3. The number of alkyl halides is 1. The van der Waals surface area contributed by atoms with E-state index in [1.807, 2.05) is 0 Å². The van der Waals surface area contributed by atoms with Crippen molar-refractivity contribution in [1.29, 1.82) is 0 Å². The van der Waals surface area contributed by atoms with Gasteiger partial charge in [0.05, 0.1) is 30.3 Å². The fourth-order valence-corrected chi connectivity index (χ4v) is 4.84. The zero-order valence-corrected chi connectivity index (χ0v) is 17.7. The van der Waals surface area contributed by atoms with Crippen molar-refractivity contribution in [1.82, 2.24) is 4.90 Å². The number of Topliss-reactive ketones (excluding diaryl/α,β-unsaturated/α-hetero) is 1. The lowest BCUT2D eigenvalue weighted by Crippen LogP contribution is -2.42. The quantitative estimate of drug-likeness (QED) is 0.718. The first-order valence-electron chi connectivity index (χ1n) is 10.9. The minimum atomic E-state index is -1.06. The number of nitrogens with zero attached hydrogens (tertiary/aromatic N) is 1. The first-order chi connectivity index (χ1) is 15.9. The molecule has 9 heteroatoms. The second-order valence-electron chi connectivity index (χ2n) is 8.52. The number of furan rings is 1. The van der Waals surface area contributed by atoms with Gasteiger partial charge in [-0.15, -0.1) is 0 Å². The number of amides is 2. The van der Waals surface area contributed by atoms with E-state index in [0.717, 1.165) is 0 Å². The summed E-state index contributed by atoms with van der Waals surface area (Å²) in [7, 11) is 0. The van der Waals surface area contributed by atoms with Crippen molar-refractivity contribution in [3.63, 3.8) is 0 Å². The lowest BCUT2D eigenvalue weighted by Gasteiger charge is -2.36. The number of primary amides is 1. The number of nitrogens with two attached hydrogens (primary N) is 1. The molecule has 1 aromatic heterocycles. The minimum absolute atomic E-state index is 0.0455. The van der Waals surface area contributed by atoms with Gasteiger partial charge in [0.25, 0.3) is 11.8 Å². The summed E-state index contributed by atoms with van der Waals surface area (Å²) in [5.41, 5.74) is 6.04. The normalized spacial score (nSPS) is 26.6. The zero-order chi connectivity index (χ0) is 23.1. The van der Waals surface area contributed by atoms with Crippen LogP contribution >= 0.6 is 0 Å². The minimum Gasteiger partial charge on any atom is -0.484 e. The van der Waals surface area contributed by atoms with Gasteiger partial charge in [-0.1, -0.05) is 12.1 Å². The van der Waals surface area contributed by atoms with E-state index >= 15 is 0 Å². The summed E-state index contributed by atoms with van der Waals surface area (Å²) in [6.07, 6.45) is 0.784. The average Bonchev–Trinajstić information content (AvgIpc) is 3.41. The van der Waals surface area contributed by atoms with Crippen LogP contribution in [-0.4, -0.2) is 41.4 Å². The third kappa shape index (κ3) is 3.88. The summed E-state index contributed by atoms with van der Waals surface area (Å²) in [4.78, 5) is 39.4. The molecular formula is C24H23FN2O6. The van der Waals surface area contributed by atoms with E-state index in [1.165, 1.54) is 11.2 Å². The topological polar surface area (TPSA) is 112 Å². The Balaban J connectivity index is 1.51. The maximum Gasteiger partial charge on any atom is 0.290 e. The molecule has 3 aliphatic rings. The van der Waals surface area contributed by atoms with Crippen LogP contribution < -0.4 is 10.5 Å². The fraction of sp³-hybridized carbons (Fsp3) is 0.375. The molecule has 1 aromatic carbocycles. The molecule has 2 amide bonds. The van der Waals surface area contributed by atoms with Gasteiger partial charge in [0.15, 0.2) is 18.1 Å². The first kappa shape index (κ1) is 21.2. The molecule has 4 atom stereocenters. The highest BCUT2D eigenvalue weighted by molar-refractivity contribution is 6.11. The summed E-state index contributed by atoms with van der Waals surface area (Å²) >= 11 is 0. The predicted octanol–water partition coefficient (Wildman–Crippen LogP) is 2.59. The SMILES string of the molecule is NC(=O)COc1ccc(C2C3=C(OC4CCC(F)CC4C3=O)C(=O)N2Cc2ccco2)cc1. The molecule has 1 saturated carbocycles. The van der Waals surface area contributed by atoms with Crippen molar-refractivity contribution in [2.75, 3.05) is 6.61 Å². The van der Waals surface area contributed by atoms with Crippen LogP contribution in [0.4, 0.5) is 4.39 Å². The van der Waals surface area contributed by atoms with Gasteiger partial charge in [-0.2, -0.15) is 0 Å². The molecule has 3 heterocycles. The van der Waals surface area contributed by atoms with E-state index in [2.05, 4.69) is 0 Å². The number of hydrogen-bond donors (Lipinski definition) is 1. The van der Waals surface area contributed by atoms with Crippen molar-refractivity contribution in [2.24, 2.45) is 11.7 Å². The van der Waals surface area contributed by atoms with E-state index in [-0.39, 0.29) is 36.7 Å². The van der Waals surface area contributed by atoms with Gasteiger partial charge >= 0.3 is 0 Å². The predicted molar refractivity (Wildman–Crippen MR) is 112 cm³/mol. The second-order valence-corrected chi connectivity index (χ2v) is 8.52. The summed E-state index contributed by atoms with van der Waals surface area (Å²) in [6, 6.07) is 9.48. The van der Waals surface area contributed by atoms with Gasteiger partial charge < -0.3 is 24.5 Å². The largest absolute Gasteiger partial charge is 0.484 e. The molecule has 8 nitrogen and oxygen atoms in total. The Morgan fingerprint density at radius 1 is 1.18 bits per heavy atom. The smallest absolute Gasteiger partial charge is 0.290 e. The van der Waals surface area contributed by atoms with Crippen molar-refractivity contribution < 1.29 is 32.7 Å². The van der Waals surface area contributed by atoms with Crippen molar-refractivity contribution in [3.05, 3.63) is 65.3 Å². The third-order valence-electron chi connectivity index (χ3n) is 6.36. The monoisotopic (exact) mass is 454 g/mol. The molecule has 172 valence electrons. The summed E-state index contributed by atoms with van der Waals surface area (Å²) in [5, 5.41) is 0. The number of halogens is 1. The lowest BCUT2D eigenvalue weighted by molar-refractivity contribution is -0.136. The van der Waals surface area contributed by atoms with Crippen LogP contribution in [0.15, 0.2) is 58.4 Å². The Morgan fingerprint density at radius 2 is 1.97 bits per heavy atom. The second kappa shape index (κ2) is 8.38. The fourth-order valence-electron chi connectivity index (χ4n) is 4.84. The van der Waals surface area contributed by atoms with Gasteiger partial charge in [-0.05, 0) is 49.1 Å². The summed E-state index contributed by atoms with van der Waals surface area (Å²) in [5.74, 6) is -0.810. The molecule has 0 radical (unpaired) electrons. The van der Waals surface area contributed by atoms with E-state index in [9.17, 15) is 18.8 Å². The van der Waals surface area contributed by atoms with Crippen molar-refractivity contribution in [3.8, 4) is 5.75 Å². The number of ketones is 1. The summed E-state index contributed by atoms with van der Waals surface area (Å²) in [6.45, 7) is -0.123. The molecule has 2 aliphatic heterocycles. The zero-order valence-electron chi connectivity index (χ0n) is 17.7. The van der Waals surface area contributed by atoms with Gasteiger partial charge in [0.1, 0.15) is 23.8 Å². The molecular weight excluding hydrogens is 431 g/mol. The number of rotatable bonds is 6.